The predicted octanol–water partition coefficient (Wildman–Crippen LogP) is 3.64. The predicted molar refractivity (Wildman–Crippen MR) is 103 cm³/mol. The van der Waals surface area contributed by atoms with Gasteiger partial charge in [0.2, 0.25) is 11.8 Å². The Morgan fingerprint density at radius 2 is 1.89 bits per heavy atom. The number of amides is 1. The summed E-state index contributed by atoms with van der Waals surface area (Å²) in [5, 5.41) is 8.51. The fourth-order valence-electron chi connectivity index (χ4n) is 3.46. The second-order valence-electron chi connectivity index (χ2n) is 6.66. The molecule has 1 aromatic heterocycles. The summed E-state index contributed by atoms with van der Waals surface area (Å²) < 4.78 is 16.2. The molecule has 1 fully saturated rings. The number of carbonyl (C=O) groups is 1. The molecule has 0 unspecified atom stereocenters. The Kier molecular flexibility index (Phi) is 6.26. The average molecular weight is 391 g/mol. The normalized spacial score (nSPS) is 19.8. The van der Waals surface area contributed by atoms with E-state index in [4.69, 9.17) is 13.9 Å². The quantitative estimate of drug-likeness (QED) is 0.696. The third-order valence-corrected chi connectivity index (χ3v) is 5.64. The molecule has 1 aromatic carbocycles. The summed E-state index contributed by atoms with van der Waals surface area (Å²) in [4.78, 5) is 14.6. The summed E-state index contributed by atoms with van der Waals surface area (Å²) in [6.45, 7) is 4.22. The largest absolute Gasteiger partial charge is 0.493 e. The monoisotopic (exact) mass is 391 g/mol. The van der Waals surface area contributed by atoms with E-state index in [9.17, 15) is 4.79 Å². The third kappa shape index (κ3) is 4.37. The molecule has 8 heteroatoms. The van der Waals surface area contributed by atoms with Crippen LogP contribution in [0, 0.1) is 0 Å². The molecule has 1 saturated heterocycles. The van der Waals surface area contributed by atoms with Crippen molar-refractivity contribution in [2.75, 3.05) is 20.0 Å². The van der Waals surface area contributed by atoms with E-state index in [0.717, 1.165) is 18.4 Å². The van der Waals surface area contributed by atoms with Crippen LogP contribution < -0.4 is 9.47 Å². The van der Waals surface area contributed by atoms with Crippen LogP contribution >= 0.6 is 11.8 Å². The van der Waals surface area contributed by atoms with Crippen LogP contribution in [0.1, 0.15) is 33.1 Å². The summed E-state index contributed by atoms with van der Waals surface area (Å²) in [6.07, 6.45) is 3.30. The van der Waals surface area contributed by atoms with Gasteiger partial charge < -0.3 is 18.8 Å². The number of aromatic nitrogens is 2. The van der Waals surface area contributed by atoms with Crippen LogP contribution in [0.2, 0.25) is 0 Å². The van der Waals surface area contributed by atoms with E-state index in [-0.39, 0.29) is 18.0 Å². The first kappa shape index (κ1) is 19.5. The van der Waals surface area contributed by atoms with Gasteiger partial charge in [-0.05, 0) is 51.3 Å². The van der Waals surface area contributed by atoms with Crippen molar-refractivity contribution >= 4 is 17.7 Å². The minimum Gasteiger partial charge on any atom is -0.493 e. The topological polar surface area (TPSA) is 77.7 Å². The maximum Gasteiger partial charge on any atom is 0.277 e. The first-order valence-corrected chi connectivity index (χ1v) is 10.0. The fraction of sp³-hybridized carbons (Fsp3) is 0.526. The maximum absolute atomic E-state index is 12.6. The van der Waals surface area contributed by atoms with Crippen LogP contribution in [-0.2, 0) is 4.79 Å². The lowest BCUT2D eigenvalue weighted by Gasteiger charge is -2.39. The number of benzene rings is 1. The SMILES string of the molecule is COc1ccc(-c2nnc(SCC(=O)N3[C@H](C)CCC[C@@H]3C)o2)cc1OC. The van der Waals surface area contributed by atoms with Gasteiger partial charge in [0.1, 0.15) is 0 Å². The van der Waals surface area contributed by atoms with Gasteiger partial charge in [-0.2, -0.15) is 0 Å². The minimum atomic E-state index is 0.116. The molecule has 1 aliphatic rings. The zero-order chi connectivity index (χ0) is 19.4. The zero-order valence-electron chi connectivity index (χ0n) is 16.1. The number of hydrogen-bond acceptors (Lipinski definition) is 7. The smallest absolute Gasteiger partial charge is 0.277 e. The lowest BCUT2D eigenvalue weighted by Crippen LogP contribution is -2.48. The van der Waals surface area contributed by atoms with E-state index in [1.807, 2.05) is 11.0 Å². The Balaban J connectivity index is 1.65. The van der Waals surface area contributed by atoms with Gasteiger partial charge in [0.05, 0.1) is 20.0 Å². The van der Waals surface area contributed by atoms with Crippen LogP contribution in [0.4, 0.5) is 0 Å². The zero-order valence-corrected chi connectivity index (χ0v) is 16.9. The van der Waals surface area contributed by atoms with Gasteiger partial charge in [-0.1, -0.05) is 11.8 Å². The second-order valence-corrected chi connectivity index (χ2v) is 7.59. The molecule has 7 nitrogen and oxygen atoms in total. The first-order valence-electron chi connectivity index (χ1n) is 9.03. The van der Waals surface area contributed by atoms with Crippen molar-refractivity contribution in [1.29, 1.82) is 0 Å². The summed E-state index contributed by atoms with van der Waals surface area (Å²) in [7, 11) is 3.16. The summed E-state index contributed by atoms with van der Waals surface area (Å²) >= 11 is 1.27. The van der Waals surface area contributed by atoms with Crippen LogP contribution in [0.3, 0.4) is 0 Å². The van der Waals surface area contributed by atoms with Crippen molar-refractivity contribution in [3.8, 4) is 23.0 Å². The van der Waals surface area contributed by atoms with Crippen LogP contribution in [0.25, 0.3) is 11.5 Å². The molecule has 0 bridgehead atoms. The lowest BCUT2D eigenvalue weighted by atomic mass is 9.98. The highest BCUT2D eigenvalue weighted by Gasteiger charge is 2.29. The third-order valence-electron chi connectivity index (χ3n) is 4.84. The molecule has 2 aromatic rings. The van der Waals surface area contributed by atoms with E-state index in [1.165, 1.54) is 18.2 Å². The molecule has 3 rings (SSSR count). The van der Waals surface area contributed by atoms with Gasteiger partial charge in [0.15, 0.2) is 11.5 Å². The number of nitrogens with zero attached hydrogens (tertiary/aromatic N) is 3. The Bertz CT molecular complexity index is 785. The van der Waals surface area contributed by atoms with Crippen molar-refractivity contribution in [2.45, 2.75) is 50.4 Å². The standard InChI is InChI=1S/C19H25N3O4S/c1-12-6-5-7-13(2)22(12)17(23)11-27-19-21-20-18(26-19)14-8-9-15(24-3)16(10-14)25-4/h8-10,12-13H,5-7,11H2,1-4H3/t12-,13+. The molecule has 0 aliphatic carbocycles. The summed E-state index contributed by atoms with van der Waals surface area (Å²) in [6, 6.07) is 5.96. The number of likely N-dealkylation sites (tertiary alicyclic amines) is 1. The van der Waals surface area contributed by atoms with Crippen LogP contribution in [0.5, 0.6) is 11.5 Å². The number of methoxy groups -OCH3 is 2. The number of thioether (sulfide) groups is 1. The maximum atomic E-state index is 12.6. The second kappa shape index (κ2) is 8.65. The van der Waals surface area contributed by atoms with E-state index < -0.39 is 0 Å². The van der Waals surface area contributed by atoms with Gasteiger partial charge in [-0.15, -0.1) is 10.2 Å². The van der Waals surface area contributed by atoms with Gasteiger partial charge in [-0.3, -0.25) is 4.79 Å². The molecule has 2 atom stereocenters. The fourth-order valence-corrected chi connectivity index (χ4v) is 4.10. The van der Waals surface area contributed by atoms with Crippen molar-refractivity contribution < 1.29 is 18.7 Å². The molecule has 0 saturated carbocycles. The molecule has 2 heterocycles. The van der Waals surface area contributed by atoms with E-state index in [1.54, 1.807) is 26.4 Å². The lowest BCUT2D eigenvalue weighted by molar-refractivity contribution is -0.134. The highest BCUT2D eigenvalue weighted by molar-refractivity contribution is 7.99. The van der Waals surface area contributed by atoms with E-state index >= 15 is 0 Å². The van der Waals surface area contributed by atoms with Crippen molar-refractivity contribution in [2.24, 2.45) is 0 Å². The van der Waals surface area contributed by atoms with Crippen molar-refractivity contribution in [3.05, 3.63) is 18.2 Å². The molecule has 27 heavy (non-hydrogen) atoms. The number of hydrogen-bond donors (Lipinski definition) is 0. The average Bonchev–Trinajstić information content (AvgIpc) is 3.14. The van der Waals surface area contributed by atoms with E-state index in [2.05, 4.69) is 24.0 Å². The minimum absolute atomic E-state index is 0.116. The van der Waals surface area contributed by atoms with Crippen LogP contribution in [0.15, 0.2) is 27.8 Å². The summed E-state index contributed by atoms with van der Waals surface area (Å²) in [5.41, 5.74) is 0.733. The molecule has 0 radical (unpaired) electrons. The summed E-state index contributed by atoms with van der Waals surface area (Å²) in [5.74, 6) is 2.01. The Morgan fingerprint density at radius 3 is 2.56 bits per heavy atom. The molecule has 146 valence electrons. The van der Waals surface area contributed by atoms with Gasteiger partial charge >= 0.3 is 0 Å². The van der Waals surface area contributed by atoms with Crippen LogP contribution in [-0.4, -0.2) is 53.1 Å². The number of rotatable bonds is 6. The van der Waals surface area contributed by atoms with Crippen molar-refractivity contribution in [1.82, 2.24) is 15.1 Å². The Labute approximate surface area is 163 Å². The van der Waals surface area contributed by atoms with E-state index in [0.29, 0.717) is 28.4 Å². The van der Waals surface area contributed by atoms with Gasteiger partial charge in [-0.25, -0.2) is 0 Å². The first-order chi connectivity index (χ1) is 13.0. The Morgan fingerprint density at radius 1 is 1.19 bits per heavy atom. The number of carbonyl (C=O) groups excluding carboxylic acids is 1. The molecular weight excluding hydrogens is 366 g/mol. The molecular formula is C19H25N3O4S. The van der Waals surface area contributed by atoms with Crippen molar-refractivity contribution in [3.63, 3.8) is 0 Å². The van der Waals surface area contributed by atoms with Gasteiger partial charge in [0.25, 0.3) is 5.22 Å². The molecule has 1 aliphatic heterocycles. The molecule has 0 spiro atoms. The molecule has 0 N–H and O–H groups in total. The highest BCUT2D eigenvalue weighted by Crippen LogP contribution is 2.33. The molecule has 1 amide bonds. The Hall–Kier alpha value is -2.22. The van der Waals surface area contributed by atoms with Gasteiger partial charge in [0, 0.05) is 17.6 Å². The highest BCUT2D eigenvalue weighted by atomic mass is 32.2. The number of ether oxygens (including phenoxy) is 2. The number of piperidine rings is 1.